The molecule has 1 aliphatic rings. The monoisotopic (exact) mass is 337 g/mol. The second-order valence-corrected chi connectivity index (χ2v) is 4.95. The normalized spacial score (nSPS) is 14.2. The zero-order chi connectivity index (χ0) is 17.3. The number of methoxy groups -OCH3 is 1. The van der Waals surface area contributed by atoms with Gasteiger partial charge in [0.2, 0.25) is 0 Å². The number of hydrogen-bond donors (Lipinski definition) is 0. The summed E-state index contributed by atoms with van der Waals surface area (Å²) in [6, 6.07) is 4.45. The van der Waals surface area contributed by atoms with E-state index in [1.54, 1.807) is 0 Å². The van der Waals surface area contributed by atoms with Gasteiger partial charge in [-0.25, -0.2) is 18.8 Å². The summed E-state index contributed by atoms with van der Waals surface area (Å²) in [5.74, 6) is -0.550. The fourth-order valence-electron chi connectivity index (χ4n) is 2.12. The van der Waals surface area contributed by atoms with Crippen LogP contribution >= 0.6 is 0 Å². The molecule has 0 aliphatic carbocycles. The van der Waals surface area contributed by atoms with Gasteiger partial charge in [-0.1, -0.05) is 6.07 Å². The van der Waals surface area contributed by atoms with Crippen molar-refractivity contribution in [2.24, 2.45) is 0 Å². The maximum absolute atomic E-state index is 13.2. The summed E-state index contributed by atoms with van der Waals surface area (Å²) in [6.07, 6.45) is -1.35. The van der Waals surface area contributed by atoms with Crippen LogP contribution in [-0.2, 0) is 9.47 Å². The fourth-order valence-corrected chi connectivity index (χ4v) is 2.12. The van der Waals surface area contributed by atoms with E-state index >= 15 is 0 Å². The third-order valence-corrected chi connectivity index (χ3v) is 3.36. The van der Waals surface area contributed by atoms with Crippen LogP contribution in [0.25, 0.3) is 5.69 Å². The Hall–Kier alpha value is -3.24. The largest absolute Gasteiger partial charge is 0.508 e. The Kier molecular flexibility index (Phi) is 3.98. The lowest BCUT2D eigenvalue weighted by Crippen LogP contribution is -2.57. The summed E-state index contributed by atoms with van der Waals surface area (Å²) in [7, 11) is 1.17. The van der Waals surface area contributed by atoms with Crippen molar-refractivity contribution in [2.75, 3.05) is 20.2 Å². The molecule has 0 atom stereocenters. The van der Waals surface area contributed by atoms with E-state index in [9.17, 15) is 18.8 Å². The fraction of sp³-hybridized carbons (Fsp3) is 0.308. The Morgan fingerprint density at radius 3 is 2.71 bits per heavy atom. The van der Waals surface area contributed by atoms with Crippen molar-refractivity contribution < 1.29 is 23.5 Å². The quantitative estimate of drug-likeness (QED) is 0.560. The number of tetrazole rings is 1. The van der Waals surface area contributed by atoms with Crippen LogP contribution < -0.4 is 5.69 Å². The van der Waals surface area contributed by atoms with Gasteiger partial charge < -0.3 is 14.4 Å². The first-order valence-electron chi connectivity index (χ1n) is 6.84. The molecule has 1 aromatic carbocycles. The highest BCUT2D eigenvalue weighted by Crippen LogP contribution is 2.13. The second-order valence-electron chi connectivity index (χ2n) is 4.95. The van der Waals surface area contributed by atoms with E-state index in [0.29, 0.717) is 4.68 Å². The van der Waals surface area contributed by atoms with Crippen LogP contribution in [0.4, 0.5) is 14.0 Å². The highest BCUT2D eigenvalue weighted by Gasteiger charge is 2.36. The van der Waals surface area contributed by atoms with E-state index < -0.39 is 29.8 Å². The van der Waals surface area contributed by atoms with Crippen LogP contribution in [0.1, 0.15) is 0 Å². The molecular weight excluding hydrogens is 325 g/mol. The Balaban J connectivity index is 1.72. The van der Waals surface area contributed by atoms with Crippen LogP contribution in [0.2, 0.25) is 0 Å². The SMILES string of the molecule is COC(=O)OC1CN(C(=O)n2nnn(-c3cccc(F)c3)c2=O)C1. The van der Waals surface area contributed by atoms with Crippen molar-refractivity contribution in [2.45, 2.75) is 6.10 Å². The summed E-state index contributed by atoms with van der Waals surface area (Å²) < 4.78 is 23.8. The number of carbonyl (C=O) groups is 2. The molecular formula is C13H12FN5O5. The van der Waals surface area contributed by atoms with Gasteiger partial charge in [0.1, 0.15) is 11.9 Å². The maximum atomic E-state index is 13.2. The summed E-state index contributed by atoms with van der Waals surface area (Å²) >= 11 is 0. The molecule has 1 saturated heterocycles. The summed E-state index contributed by atoms with van der Waals surface area (Å²) in [4.78, 5) is 36.6. The number of ether oxygens (including phenoxy) is 2. The molecule has 0 bridgehead atoms. The van der Waals surface area contributed by atoms with Gasteiger partial charge in [-0.2, -0.15) is 4.68 Å². The van der Waals surface area contributed by atoms with Crippen LogP contribution in [0.3, 0.4) is 0 Å². The smallest absolute Gasteiger partial charge is 0.438 e. The average molecular weight is 337 g/mol. The van der Waals surface area contributed by atoms with E-state index in [1.807, 2.05) is 0 Å². The number of rotatable bonds is 2. The van der Waals surface area contributed by atoms with Crippen molar-refractivity contribution in [1.29, 1.82) is 0 Å². The maximum Gasteiger partial charge on any atom is 0.508 e. The third-order valence-electron chi connectivity index (χ3n) is 3.36. The lowest BCUT2D eigenvalue weighted by atomic mass is 10.2. The molecule has 24 heavy (non-hydrogen) atoms. The van der Waals surface area contributed by atoms with Crippen LogP contribution in [0.15, 0.2) is 29.1 Å². The molecule has 3 rings (SSSR count). The molecule has 126 valence electrons. The predicted molar refractivity (Wildman–Crippen MR) is 75.2 cm³/mol. The summed E-state index contributed by atoms with van der Waals surface area (Å²) in [6.45, 7) is 0.209. The zero-order valence-electron chi connectivity index (χ0n) is 12.5. The Bertz CT molecular complexity index is 841. The molecule has 10 nitrogen and oxygen atoms in total. The first-order valence-corrected chi connectivity index (χ1v) is 6.84. The van der Waals surface area contributed by atoms with E-state index in [0.717, 1.165) is 10.7 Å². The van der Waals surface area contributed by atoms with Gasteiger partial charge in [0.15, 0.2) is 0 Å². The number of aromatic nitrogens is 4. The summed E-state index contributed by atoms with van der Waals surface area (Å²) in [5, 5.41) is 7.07. The van der Waals surface area contributed by atoms with Gasteiger partial charge >= 0.3 is 17.9 Å². The van der Waals surface area contributed by atoms with Gasteiger partial charge in [-0.3, -0.25) is 0 Å². The first-order chi connectivity index (χ1) is 11.5. The van der Waals surface area contributed by atoms with Gasteiger partial charge in [0, 0.05) is 0 Å². The molecule has 1 amide bonds. The number of amides is 1. The topological polar surface area (TPSA) is 109 Å². The first kappa shape index (κ1) is 15.6. The molecule has 11 heteroatoms. The molecule has 1 aliphatic heterocycles. The van der Waals surface area contributed by atoms with Crippen LogP contribution in [0.5, 0.6) is 0 Å². The van der Waals surface area contributed by atoms with E-state index in [2.05, 4.69) is 15.2 Å². The van der Waals surface area contributed by atoms with E-state index in [4.69, 9.17) is 4.74 Å². The van der Waals surface area contributed by atoms with Crippen molar-refractivity contribution in [3.8, 4) is 5.69 Å². The minimum absolute atomic E-state index is 0.104. The van der Waals surface area contributed by atoms with Gasteiger partial charge in [-0.15, -0.1) is 4.68 Å². The molecule has 0 unspecified atom stereocenters. The standard InChI is InChI=1S/C13H12FN5O5/c1-23-13(22)24-10-6-17(7-10)11(20)19-12(21)18(15-16-19)9-4-2-3-8(14)5-9/h2-5,10H,6-7H2,1H3. The number of carbonyl (C=O) groups excluding carboxylic acids is 2. The van der Waals surface area contributed by atoms with Crippen molar-refractivity contribution >= 4 is 12.2 Å². The van der Waals surface area contributed by atoms with Crippen molar-refractivity contribution in [1.82, 2.24) is 24.7 Å². The second kappa shape index (κ2) is 6.10. The van der Waals surface area contributed by atoms with E-state index in [-0.39, 0.29) is 18.8 Å². The third kappa shape index (κ3) is 2.83. The molecule has 0 saturated carbocycles. The lowest BCUT2D eigenvalue weighted by Gasteiger charge is -2.36. The van der Waals surface area contributed by atoms with E-state index in [1.165, 1.54) is 30.2 Å². The Morgan fingerprint density at radius 1 is 1.29 bits per heavy atom. The van der Waals surface area contributed by atoms with Crippen LogP contribution in [-0.4, -0.2) is 63.2 Å². The minimum atomic E-state index is -0.846. The molecule has 2 aromatic rings. The number of halogens is 1. The number of nitrogens with zero attached hydrogens (tertiary/aromatic N) is 5. The van der Waals surface area contributed by atoms with Crippen molar-refractivity contribution in [3.05, 3.63) is 40.6 Å². The highest BCUT2D eigenvalue weighted by atomic mass is 19.1. The minimum Gasteiger partial charge on any atom is -0.438 e. The Labute approximate surface area is 134 Å². The average Bonchev–Trinajstić information content (AvgIpc) is 2.91. The molecule has 0 radical (unpaired) electrons. The predicted octanol–water partition coefficient (Wildman–Crippen LogP) is 0.00340. The molecule has 0 N–H and O–H groups in total. The molecule has 1 aromatic heterocycles. The summed E-state index contributed by atoms with van der Waals surface area (Å²) in [5.41, 5.74) is -0.683. The molecule has 0 spiro atoms. The number of likely N-dealkylation sites (tertiary alicyclic amines) is 1. The highest BCUT2D eigenvalue weighted by molar-refractivity contribution is 5.76. The number of benzene rings is 1. The lowest BCUT2D eigenvalue weighted by molar-refractivity contribution is -0.0234. The molecule has 1 fully saturated rings. The van der Waals surface area contributed by atoms with Crippen LogP contribution in [0, 0.1) is 5.82 Å². The Morgan fingerprint density at radius 2 is 2.04 bits per heavy atom. The van der Waals surface area contributed by atoms with Gasteiger partial charge in [0.05, 0.1) is 25.9 Å². The molecule has 2 heterocycles. The zero-order valence-corrected chi connectivity index (χ0v) is 12.5. The van der Waals surface area contributed by atoms with Gasteiger partial charge in [-0.05, 0) is 28.6 Å². The van der Waals surface area contributed by atoms with Crippen molar-refractivity contribution in [3.63, 3.8) is 0 Å². The number of hydrogen-bond acceptors (Lipinski definition) is 7. The van der Waals surface area contributed by atoms with Gasteiger partial charge in [0.25, 0.3) is 0 Å².